The van der Waals surface area contributed by atoms with Crippen LogP contribution < -0.4 is 5.32 Å². The van der Waals surface area contributed by atoms with Crippen LogP contribution in [0.3, 0.4) is 0 Å². The summed E-state index contributed by atoms with van der Waals surface area (Å²) in [5, 5.41) is 8.36. The molecule has 1 atom stereocenters. The molecule has 1 aromatic heterocycles. The van der Waals surface area contributed by atoms with Gasteiger partial charge in [-0.05, 0) is 31.5 Å². The molecule has 0 fully saturated rings. The lowest BCUT2D eigenvalue weighted by molar-refractivity contribution is -0.113. The molecule has 1 amide bonds. The molecule has 0 bridgehead atoms. The zero-order valence-electron chi connectivity index (χ0n) is 14.5. The predicted molar refractivity (Wildman–Crippen MR) is 107 cm³/mol. The number of aromatic nitrogens is 2. The van der Waals surface area contributed by atoms with Crippen LogP contribution in [0.2, 0.25) is 5.02 Å². The van der Waals surface area contributed by atoms with E-state index in [1.807, 2.05) is 31.2 Å². The number of hydrogen-bond donors (Lipinski definition) is 1. The van der Waals surface area contributed by atoms with E-state index in [1.54, 1.807) is 16.4 Å². The molecule has 0 saturated carbocycles. The van der Waals surface area contributed by atoms with Crippen LogP contribution in [-0.4, -0.2) is 21.4 Å². The predicted octanol–water partition coefficient (Wildman–Crippen LogP) is 4.92. The average molecular weight is 384 g/mol. The summed E-state index contributed by atoms with van der Waals surface area (Å²) >= 11 is 8.00. The quantitative estimate of drug-likeness (QED) is 0.683. The monoisotopic (exact) mass is 383 g/mol. The van der Waals surface area contributed by atoms with Crippen LogP contribution in [-0.2, 0) is 4.79 Å². The first-order valence-electron chi connectivity index (χ1n) is 8.37. The molecule has 1 aliphatic heterocycles. The van der Waals surface area contributed by atoms with E-state index >= 15 is 0 Å². The highest BCUT2D eigenvalue weighted by Gasteiger charge is 2.30. The highest BCUT2D eigenvalue weighted by molar-refractivity contribution is 8.00. The first kappa shape index (κ1) is 17.2. The van der Waals surface area contributed by atoms with Crippen molar-refractivity contribution in [2.45, 2.75) is 19.1 Å². The molecule has 26 heavy (non-hydrogen) atoms. The number of nitrogens with zero attached hydrogens (tertiary/aromatic N) is 2. The van der Waals surface area contributed by atoms with Gasteiger partial charge in [0.25, 0.3) is 0 Å². The fourth-order valence-electron chi connectivity index (χ4n) is 3.19. The van der Waals surface area contributed by atoms with Crippen molar-refractivity contribution in [3.05, 3.63) is 75.9 Å². The van der Waals surface area contributed by atoms with Gasteiger partial charge in [0.05, 0.1) is 27.4 Å². The first-order valence-corrected chi connectivity index (χ1v) is 9.79. The number of carbonyl (C=O) groups excluding carboxylic acids is 1. The molecule has 1 N–H and O–H groups in total. The van der Waals surface area contributed by atoms with Gasteiger partial charge in [0.1, 0.15) is 5.82 Å². The van der Waals surface area contributed by atoms with Crippen molar-refractivity contribution in [3.63, 3.8) is 0 Å². The second-order valence-electron chi connectivity index (χ2n) is 6.36. The summed E-state index contributed by atoms with van der Waals surface area (Å²) in [6, 6.07) is 16.0. The van der Waals surface area contributed by atoms with E-state index in [2.05, 4.69) is 36.5 Å². The number of para-hydroxylation sites is 1. The number of benzene rings is 2. The average Bonchev–Trinajstić information content (AvgIpc) is 2.82. The van der Waals surface area contributed by atoms with Crippen molar-refractivity contribution in [1.29, 1.82) is 0 Å². The molecule has 3 aromatic rings. The Bertz CT molecular complexity index is 981. The minimum Gasteiger partial charge on any atom is -0.310 e. The van der Waals surface area contributed by atoms with Gasteiger partial charge in [-0.15, -0.1) is 11.8 Å². The van der Waals surface area contributed by atoms with E-state index < -0.39 is 0 Å². The molecule has 0 aliphatic carbocycles. The second-order valence-corrected chi connectivity index (χ2v) is 7.86. The maximum absolute atomic E-state index is 12.3. The molecule has 0 radical (unpaired) electrons. The molecule has 4 rings (SSSR count). The van der Waals surface area contributed by atoms with Gasteiger partial charge in [0, 0.05) is 5.56 Å². The van der Waals surface area contributed by atoms with Gasteiger partial charge in [-0.2, -0.15) is 5.10 Å². The molecule has 0 unspecified atom stereocenters. The first-order chi connectivity index (χ1) is 12.5. The van der Waals surface area contributed by atoms with Crippen molar-refractivity contribution >= 4 is 35.1 Å². The Kier molecular flexibility index (Phi) is 4.51. The molecule has 6 heteroatoms. The van der Waals surface area contributed by atoms with E-state index in [4.69, 9.17) is 16.7 Å². The van der Waals surface area contributed by atoms with Gasteiger partial charge >= 0.3 is 0 Å². The zero-order valence-corrected chi connectivity index (χ0v) is 16.1. The highest BCUT2D eigenvalue weighted by atomic mass is 35.5. The van der Waals surface area contributed by atoms with Crippen LogP contribution >= 0.6 is 23.4 Å². The van der Waals surface area contributed by atoms with Gasteiger partial charge in [-0.3, -0.25) is 4.79 Å². The molecular formula is C20H18ClN3OS. The van der Waals surface area contributed by atoms with E-state index in [9.17, 15) is 4.79 Å². The van der Waals surface area contributed by atoms with Crippen LogP contribution in [0, 0.1) is 13.8 Å². The Balaban J connectivity index is 1.91. The summed E-state index contributed by atoms with van der Waals surface area (Å²) in [4.78, 5) is 12.3. The standard InChI is InChI=1S/C20H18ClN3OS/c1-12-7-9-14(10-8-12)19-18-13(2)23-24(16-6-4-3-5-15(16)21)20(18)22-17(25)11-26-19/h3-10,19H,11H2,1-2H3,(H,22,25)/t19-/m0/s1. The van der Waals surface area contributed by atoms with Crippen molar-refractivity contribution < 1.29 is 4.79 Å². The number of fused-ring (bicyclic) bond motifs is 1. The van der Waals surface area contributed by atoms with E-state index in [1.165, 1.54) is 11.1 Å². The zero-order chi connectivity index (χ0) is 18.3. The molecule has 2 heterocycles. The van der Waals surface area contributed by atoms with Gasteiger partial charge in [-0.25, -0.2) is 4.68 Å². The summed E-state index contributed by atoms with van der Waals surface area (Å²) < 4.78 is 1.75. The fraction of sp³-hybridized carbons (Fsp3) is 0.200. The Morgan fingerprint density at radius 3 is 2.62 bits per heavy atom. The SMILES string of the molecule is Cc1ccc([C@@H]2SCC(=O)Nc3c2c(C)nn3-c2ccccc2Cl)cc1. The lowest BCUT2D eigenvalue weighted by Gasteiger charge is -2.15. The van der Waals surface area contributed by atoms with Crippen molar-refractivity contribution in [2.75, 3.05) is 11.1 Å². The van der Waals surface area contributed by atoms with Gasteiger partial charge in [-0.1, -0.05) is 53.6 Å². The maximum Gasteiger partial charge on any atom is 0.235 e. The normalized spacial score (nSPS) is 16.7. The number of rotatable bonds is 2. The van der Waals surface area contributed by atoms with Gasteiger partial charge in [0.15, 0.2) is 0 Å². The van der Waals surface area contributed by atoms with Gasteiger partial charge < -0.3 is 5.32 Å². The number of hydrogen-bond acceptors (Lipinski definition) is 3. The number of amides is 1. The van der Waals surface area contributed by atoms with Crippen LogP contribution in [0.25, 0.3) is 5.69 Å². The molecular weight excluding hydrogens is 366 g/mol. The number of anilines is 1. The number of thioether (sulfide) groups is 1. The minimum atomic E-state index is -0.0286. The highest BCUT2D eigenvalue weighted by Crippen LogP contribution is 2.44. The van der Waals surface area contributed by atoms with Crippen LogP contribution in [0.4, 0.5) is 5.82 Å². The van der Waals surface area contributed by atoms with E-state index in [0.717, 1.165) is 16.9 Å². The summed E-state index contributed by atoms with van der Waals surface area (Å²) in [5.74, 6) is 1.07. The van der Waals surface area contributed by atoms with Crippen molar-refractivity contribution in [3.8, 4) is 5.69 Å². The number of nitrogens with one attached hydrogen (secondary N) is 1. The van der Waals surface area contributed by atoms with E-state index in [-0.39, 0.29) is 11.2 Å². The molecule has 4 nitrogen and oxygen atoms in total. The van der Waals surface area contributed by atoms with Gasteiger partial charge in [0.2, 0.25) is 5.91 Å². The molecule has 132 valence electrons. The molecule has 0 spiro atoms. The summed E-state index contributed by atoms with van der Waals surface area (Å²) in [6.45, 7) is 4.05. The Morgan fingerprint density at radius 2 is 1.88 bits per heavy atom. The summed E-state index contributed by atoms with van der Waals surface area (Å²) in [7, 11) is 0. The van der Waals surface area contributed by atoms with Crippen molar-refractivity contribution in [2.24, 2.45) is 0 Å². The third-order valence-electron chi connectivity index (χ3n) is 4.47. The molecule has 0 saturated heterocycles. The number of aryl methyl sites for hydroxylation is 2. The number of carbonyl (C=O) groups is 1. The maximum atomic E-state index is 12.3. The summed E-state index contributed by atoms with van der Waals surface area (Å²) in [6.07, 6.45) is 0. The van der Waals surface area contributed by atoms with Crippen LogP contribution in [0.5, 0.6) is 0 Å². The minimum absolute atomic E-state index is 0.0286. The van der Waals surface area contributed by atoms with Crippen LogP contribution in [0.15, 0.2) is 48.5 Å². The van der Waals surface area contributed by atoms with Crippen molar-refractivity contribution in [1.82, 2.24) is 9.78 Å². The fourth-order valence-corrected chi connectivity index (χ4v) is 4.59. The lowest BCUT2D eigenvalue weighted by Crippen LogP contribution is -2.16. The topological polar surface area (TPSA) is 46.9 Å². The summed E-state index contributed by atoms with van der Waals surface area (Å²) in [5.41, 5.74) is 5.06. The largest absolute Gasteiger partial charge is 0.310 e. The van der Waals surface area contributed by atoms with E-state index in [0.29, 0.717) is 16.6 Å². The Labute approximate surface area is 161 Å². The number of halogens is 1. The second kappa shape index (κ2) is 6.82. The third-order valence-corrected chi connectivity index (χ3v) is 6.06. The van der Waals surface area contributed by atoms with Crippen LogP contribution in [0.1, 0.15) is 27.6 Å². The Morgan fingerprint density at radius 1 is 1.15 bits per heavy atom. The molecule has 2 aromatic carbocycles. The third kappa shape index (κ3) is 3.02. The molecule has 1 aliphatic rings. The smallest absolute Gasteiger partial charge is 0.235 e. The lowest BCUT2D eigenvalue weighted by atomic mass is 10.0. The Hall–Kier alpha value is -2.24.